The van der Waals surface area contributed by atoms with E-state index >= 15 is 0 Å². The summed E-state index contributed by atoms with van der Waals surface area (Å²) in [5.74, 6) is -0.482. The zero-order chi connectivity index (χ0) is 18.5. The lowest BCUT2D eigenvalue weighted by Gasteiger charge is -2.21. The van der Waals surface area contributed by atoms with Crippen LogP contribution in [-0.4, -0.2) is 64.0 Å². The average molecular weight is 353 g/mol. The van der Waals surface area contributed by atoms with E-state index in [0.29, 0.717) is 18.7 Å². The summed E-state index contributed by atoms with van der Waals surface area (Å²) < 4.78 is 0. The first kappa shape index (κ1) is 18.1. The minimum Gasteiger partial charge on any atom is -0.389 e. The van der Waals surface area contributed by atoms with Crippen LogP contribution in [0.1, 0.15) is 21.7 Å². The quantitative estimate of drug-likeness (QED) is 0.899. The Balaban J connectivity index is 1.67. The normalized spacial score (nSPS) is 17.9. The molecule has 1 aliphatic rings. The third-order valence-corrected chi connectivity index (χ3v) is 4.45. The Morgan fingerprint density at radius 1 is 1.15 bits per heavy atom. The fraction of sp³-hybridized carbons (Fsp3) is 0.350. The number of β-amino-alcohol motifs (C(OH)–C–C–N with tert-alkyl or cyclic N) is 1. The van der Waals surface area contributed by atoms with Crippen LogP contribution in [-0.2, 0) is 11.2 Å². The smallest absolute Gasteiger partial charge is 0.273 e. The first-order valence-corrected chi connectivity index (χ1v) is 8.75. The van der Waals surface area contributed by atoms with Gasteiger partial charge in [-0.2, -0.15) is 0 Å². The van der Waals surface area contributed by atoms with Gasteiger partial charge in [0, 0.05) is 25.3 Å². The summed E-state index contributed by atoms with van der Waals surface area (Å²) in [6.45, 7) is 2.65. The second-order valence-corrected chi connectivity index (χ2v) is 6.58. The van der Waals surface area contributed by atoms with Crippen LogP contribution < -0.4 is 0 Å². The molecule has 1 saturated heterocycles. The molecule has 0 aliphatic carbocycles. The predicted molar refractivity (Wildman–Crippen MR) is 97.6 cm³/mol. The summed E-state index contributed by atoms with van der Waals surface area (Å²) in [6.07, 6.45) is -0.0573. The third kappa shape index (κ3) is 4.46. The lowest BCUT2D eigenvalue weighted by Crippen LogP contribution is -2.40. The van der Waals surface area contributed by atoms with Crippen molar-refractivity contribution in [3.05, 3.63) is 65.5 Å². The van der Waals surface area contributed by atoms with E-state index < -0.39 is 6.10 Å². The van der Waals surface area contributed by atoms with Crippen LogP contribution in [0.15, 0.2) is 48.5 Å². The number of aromatic nitrogens is 1. The SMILES string of the molecule is Cc1cccc(C(=O)N2CC(=O)N(CCc3ccccc3)CC(O)C2)n1. The van der Waals surface area contributed by atoms with Crippen LogP contribution in [0.4, 0.5) is 0 Å². The average Bonchev–Trinajstić information content (AvgIpc) is 2.78. The van der Waals surface area contributed by atoms with Gasteiger partial charge in [0.2, 0.25) is 5.91 Å². The molecule has 0 radical (unpaired) electrons. The molecule has 26 heavy (non-hydrogen) atoms. The lowest BCUT2D eigenvalue weighted by atomic mass is 10.1. The number of aryl methyl sites for hydroxylation is 1. The minimum atomic E-state index is -0.772. The van der Waals surface area contributed by atoms with Crippen molar-refractivity contribution in [1.82, 2.24) is 14.8 Å². The van der Waals surface area contributed by atoms with Crippen LogP contribution >= 0.6 is 0 Å². The highest BCUT2D eigenvalue weighted by molar-refractivity contribution is 5.95. The van der Waals surface area contributed by atoms with Crippen molar-refractivity contribution < 1.29 is 14.7 Å². The van der Waals surface area contributed by atoms with Crippen molar-refractivity contribution in [1.29, 1.82) is 0 Å². The largest absolute Gasteiger partial charge is 0.389 e. The molecule has 1 aromatic heterocycles. The van der Waals surface area contributed by atoms with Crippen LogP contribution in [0.5, 0.6) is 0 Å². The van der Waals surface area contributed by atoms with Gasteiger partial charge in [0.05, 0.1) is 6.10 Å². The Morgan fingerprint density at radius 3 is 2.65 bits per heavy atom. The summed E-state index contributed by atoms with van der Waals surface area (Å²) >= 11 is 0. The molecule has 6 heteroatoms. The highest BCUT2D eigenvalue weighted by atomic mass is 16.3. The standard InChI is InChI=1S/C20H23N3O3/c1-15-6-5-9-18(21-15)20(26)23-13-17(24)12-22(19(25)14-23)11-10-16-7-3-2-4-8-16/h2-9,17,24H,10-14H2,1H3. The zero-order valence-electron chi connectivity index (χ0n) is 14.8. The van der Waals surface area contributed by atoms with Gasteiger partial charge >= 0.3 is 0 Å². The van der Waals surface area contributed by atoms with E-state index in [-0.39, 0.29) is 31.4 Å². The molecule has 6 nitrogen and oxygen atoms in total. The summed E-state index contributed by atoms with van der Waals surface area (Å²) in [7, 11) is 0. The van der Waals surface area contributed by atoms with Crippen LogP contribution in [0.2, 0.25) is 0 Å². The molecule has 0 bridgehead atoms. The summed E-state index contributed by atoms with van der Waals surface area (Å²) in [4.78, 5) is 32.5. The van der Waals surface area contributed by atoms with Gasteiger partial charge < -0.3 is 14.9 Å². The van der Waals surface area contributed by atoms with Gasteiger partial charge in [-0.25, -0.2) is 4.98 Å². The molecule has 1 aliphatic heterocycles. The monoisotopic (exact) mass is 353 g/mol. The van der Waals surface area contributed by atoms with E-state index in [9.17, 15) is 14.7 Å². The van der Waals surface area contributed by atoms with Crippen molar-refractivity contribution in [2.75, 3.05) is 26.2 Å². The third-order valence-electron chi connectivity index (χ3n) is 4.45. The molecular formula is C20H23N3O3. The topological polar surface area (TPSA) is 73.7 Å². The number of hydrogen-bond acceptors (Lipinski definition) is 4. The summed E-state index contributed by atoms with van der Waals surface area (Å²) in [5.41, 5.74) is 2.17. The molecular weight excluding hydrogens is 330 g/mol. The predicted octanol–water partition coefficient (Wildman–Crippen LogP) is 1.28. The van der Waals surface area contributed by atoms with Gasteiger partial charge in [-0.1, -0.05) is 36.4 Å². The Hall–Kier alpha value is -2.73. The molecule has 2 amide bonds. The van der Waals surface area contributed by atoms with Gasteiger partial charge in [-0.3, -0.25) is 9.59 Å². The second kappa shape index (κ2) is 8.10. The van der Waals surface area contributed by atoms with Crippen LogP contribution in [0, 0.1) is 6.92 Å². The number of amides is 2. The highest BCUT2D eigenvalue weighted by Crippen LogP contribution is 2.11. The van der Waals surface area contributed by atoms with Gasteiger partial charge in [0.1, 0.15) is 12.2 Å². The Bertz CT molecular complexity index is 779. The van der Waals surface area contributed by atoms with Crippen molar-refractivity contribution in [3.63, 3.8) is 0 Å². The van der Waals surface area contributed by atoms with Crippen LogP contribution in [0.3, 0.4) is 0 Å². The second-order valence-electron chi connectivity index (χ2n) is 6.58. The molecule has 1 aromatic carbocycles. The molecule has 136 valence electrons. The van der Waals surface area contributed by atoms with E-state index in [2.05, 4.69) is 4.98 Å². The number of rotatable bonds is 4. The van der Waals surface area contributed by atoms with E-state index in [1.54, 1.807) is 17.0 Å². The number of aliphatic hydroxyl groups excluding tert-OH is 1. The number of aliphatic hydroxyl groups is 1. The summed E-state index contributed by atoms with van der Waals surface area (Å²) in [6, 6.07) is 15.1. The molecule has 1 atom stereocenters. The highest BCUT2D eigenvalue weighted by Gasteiger charge is 2.30. The first-order chi connectivity index (χ1) is 12.5. The Morgan fingerprint density at radius 2 is 1.92 bits per heavy atom. The first-order valence-electron chi connectivity index (χ1n) is 8.75. The van der Waals surface area contributed by atoms with Gasteiger partial charge in [0.25, 0.3) is 5.91 Å². The number of hydrogen-bond donors (Lipinski definition) is 1. The van der Waals surface area contributed by atoms with Gasteiger partial charge in [-0.05, 0) is 31.0 Å². The molecule has 0 spiro atoms. The molecule has 3 rings (SSSR count). The van der Waals surface area contributed by atoms with Crippen molar-refractivity contribution in [3.8, 4) is 0 Å². The van der Waals surface area contributed by atoms with Gasteiger partial charge in [-0.15, -0.1) is 0 Å². The van der Waals surface area contributed by atoms with E-state index in [1.807, 2.05) is 43.3 Å². The fourth-order valence-electron chi connectivity index (χ4n) is 3.10. The molecule has 2 heterocycles. The van der Waals surface area contributed by atoms with Crippen molar-refractivity contribution in [2.24, 2.45) is 0 Å². The number of benzene rings is 1. The Kier molecular flexibility index (Phi) is 5.63. The van der Waals surface area contributed by atoms with Crippen molar-refractivity contribution in [2.45, 2.75) is 19.4 Å². The van der Waals surface area contributed by atoms with Crippen molar-refractivity contribution >= 4 is 11.8 Å². The van der Waals surface area contributed by atoms with Gasteiger partial charge in [0.15, 0.2) is 0 Å². The maximum absolute atomic E-state index is 12.7. The number of pyridine rings is 1. The molecule has 2 aromatic rings. The molecule has 0 saturated carbocycles. The van der Waals surface area contributed by atoms with Crippen LogP contribution in [0.25, 0.3) is 0 Å². The Labute approximate surface area is 153 Å². The maximum atomic E-state index is 12.7. The summed E-state index contributed by atoms with van der Waals surface area (Å²) in [5, 5.41) is 10.3. The minimum absolute atomic E-state index is 0.0414. The molecule has 1 unspecified atom stereocenters. The molecule has 1 N–H and O–H groups in total. The zero-order valence-corrected chi connectivity index (χ0v) is 14.8. The van der Waals surface area contributed by atoms with E-state index in [1.165, 1.54) is 4.90 Å². The van der Waals surface area contributed by atoms with E-state index in [4.69, 9.17) is 0 Å². The lowest BCUT2D eigenvalue weighted by molar-refractivity contribution is -0.131. The fourth-order valence-corrected chi connectivity index (χ4v) is 3.10. The van der Waals surface area contributed by atoms with E-state index in [0.717, 1.165) is 11.3 Å². The molecule has 1 fully saturated rings. The number of carbonyl (C=O) groups is 2. The number of carbonyl (C=O) groups excluding carboxylic acids is 2. The number of nitrogens with zero attached hydrogens (tertiary/aromatic N) is 3. The maximum Gasteiger partial charge on any atom is 0.273 e.